The molecule has 5 atom stereocenters. The number of piperidine rings is 1. The maximum Gasteiger partial charge on any atom is 0.316 e. The number of hydrogen-bond donors (Lipinski definition) is 0. The van der Waals surface area contributed by atoms with Gasteiger partial charge in [-0.3, -0.25) is 19.7 Å². The Balaban J connectivity index is 1.52. The predicted octanol–water partition coefficient (Wildman–Crippen LogP) is 1.62. The fourth-order valence-electron chi connectivity index (χ4n) is 4.21. The van der Waals surface area contributed by atoms with Crippen molar-refractivity contribution in [2.75, 3.05) is 13.2 Å². The van der Waals surface area contributed by atoms with E-state index in [1.165, 1.54) is 12.8 Å². The topological polar surface area (TPSA) is 89.8 Å². The van der Waals surface area contributed by atoms with Gasteiger partial charge in [0.25, 0.3) is 5.91 Å². The first-order chi connectivity index (χ1) is 11.0. The third-order valence-electron chi connectivity index (χ3n) is 5.73. The third kappa shape index (κ3) is 3.33. The van der Waals surface area contributed by atoms with E-state index < -0.39 is 22.9 Å². The molecule has 1 amide bonds. The highest BCUT2D eigenvalue weighted by Crippen LogP contribution is 2.39. The molecule has 0 N–H and O–H groups in total. The van der Waals surface area contributed by atoms with E-state index in [9.17, 15) is 19.7 Å². The van der Waals surface area contributed by atoms with Gasteiger partial charge in [0.05, 0.1) is 0 Å². The summed E-state index contributed by atoms with van der Waals surface area (Å²) < 4.78 is 5.03. The lowest BCUT2D eigenvalue weighted by Gasteiger charge is -2.47. The Labute approximate surface area is 135 Å². The zero-order valence-corrected chi connectivity index (χ0v) is 13.5. The van der Waals surface area contributed by atoms with Gasteiger partial charge in [-0.25, -0.2) is 0 Å². The molecule has 1 aliphatic heterocycles. The van der Waals surface area contributed by atoms with Gasteiger partial charge in [0.2, 0.25) is 6.04 Å². The van der Waals surface area contributed by atoms with Crippen LogP contribution in [-0.2, 0) is 14.3 Å². The molecular formula is C16H24N2O5. The molecule has 0 aromatic rings. The number of nitro groups is 1. The molecule has 2 aliphatic carbocycles. The van der Waals surface area contributed by atoms with Gasteiger partial charge in [-0.15, -0.1) is 0 Å². The zero-order valence-electron chi connectivity index (χ0n) is 13.5. The average molecular weight is 324 g/mol. The lowest BCUT2D eigenvalue weighted by molar-refractivity contribution is -0.497. The van der Waals surface area contributed by atoms with E-state index in [0.717, 1.165) is 25.8 Å². The monoisotopic (exact) mass is 324 g/mol. The second kappa shape index (κ2) is 6.45. The maximum absolute atomic E-state index is 12.4. The summed E-state index contributed by atoms with van der Waals surface area (Å²) in [6.07, 6.45) is 5.79. The first-order valence-corrected chi connectivity index (χ1v) is 8.58. The number of amides is 1. The first kappa shape index (κ1) is 16.2. The summed E-state index contributed by atoms with van der Waals surface area (Å²) in [5, 5.41) is 10.6. The molecule has 3 aliphatic rings. The van der Waals surface area contributed by atoms with Crippen LogP contribution in [0.1, 0.15) is 45.4 Å². The Morgan fingerprint density at radius 3 is 2.70 bits per heavy atom. The van der Waals surface area contributed by atoms with Crippen molar-refractivity contribution in [3.05, 3.63) is 10.1 Å². The number of nitrogens with zero attached hydrogens (tertiary/aromatic N) is 2. The van der Waals surface area contributed by atoms with Crippen molar-refractivity contribution in [1.29, 1.82) is 0 Å². The summed E-state index contributed by atoms with van der Waals surface area (Å²) in [6.45, 7) is 2.70. The highest BCUT2D eigenvalue weighted by molar-refractivity contribution is 5.83. The van der Waals surface area contributed by atoms with Crippen LogP contribution in [-0.4, -0.2) is 46.9 Å². The molecule has 3 rings (SSSR count). The van der Waals surface area contributed by atoms with E-state index in [1.807, 2.05) is 4.90 Å². The number of fused-ring (bicyclic) bond motifs is 1. The fourth-order valence-corrected chi connectivity index (χ4v) is 4.21. The Morgan fingerprint density at radius 1 is 1.26 bits per heavy atom. The molecule has 0 unspecified atom stereocenters. The van der Waals surface area contributed by atoms with Crippen LogP contribution in [0.2, 0.25) is 0 Å². The summed E-state index contributed by atoms with van der Waals surface area (Å²) in [5.41, 5.74) is 0. The number of hydrogen-bond acceptors (Lipinski definition) is 5. The largest absolute Gasteiger partial charge is 0.455 e. The van der Waals surface area contributed by atoms with Gasteiger partial charge in [0, 0.05) is 23.9 Å². The van der Waals surface area contributed by atoms with E-state index >= 15 is 0 Å². The summed E-state index contributed by atoms with van der Waals surface area (Å²) >= 11 is 0. The Morgan fingerprint density at radius 2 is 2.00 bits per heavy atom. The molecular weight excluding hydrogens is 300 g/mol. The van der Waals surface area contributed by atoms with Crippen molar-refractivity contribution in [3.8, 4) is 0 Å². The van der Waals surface area contributed by atoms with Crippen LogP contribution in [0.3, 0.4) is 0 Å². The van der Waals surface area contributed by atoms with Gasteiger partial charge < -0.3 is 9.64 Å². The molecule has 1 heterocycles. The summed E-state index contributed by atoms with van der Waals surface area (Å²) in [7, 11) is 0. The molecule has 0 radical (unpaired) electrons. The SMILES string of the molecule is C[C@@H]1CCN(C(=O)COC(=O)[C@@H]2C[C@@H]2[N+](=O)[O-])[C@H]2CCCC[C@H]12. The zero-order chi connectivity index (χ0) is 16.6. The minimum absolute atomic E-state index is 0.152. The van der Waals surface area contributed by atoms with Crippen LogP contribution in [0.15, 0.2) is 0 Å². The summed E-state index contributed by atoms with van der Waals surface area (Å²) in [5.74, 6) is -0.230. The van der Waals surface area contributed by atoms with E-state index in [0.29, 0.717) is 11.8 Å². The molecule has 0 aromatic heterocycles. The molecule has 3 fully saturated rings. The Kier molecular flexibility index (Phi) is 4.55. The summed E-state index contributed by atoms with van der Waals surface area (Å²) in [6, 6.07) is -0.553. The lowest BCUT2D eigenvalue weighted by Crippen LogP contribution is -2.53. The van der Waals surface area contributed by atoms with Gasteiger partial charge in [-0.2, -0.15) is 0 Å². The normalized spacial score (nSPS) is 36.0. The van der Waals surface area contributed by atoms with Crippen LogP contribution < -0.4 is 0 Å². The molecule has 7 nitrogen and oxygen atoms in total. The number of esters is 1. The molecule has 0 spiro atoms. The van der Waals surface area contributed by atoms with Crippen LogP contribution in [0.25, 0.3) is 0 Å². The second-order valence-corrected chi connectivity index (χ2v) is 7.17. The smallest absolute Gasteiger partial charge is 0.316 e. The number of rotatable bonds is 4. The van der Waals surface area contributed by atoms with Crippen LogP contribution in [0.5, 0.6) is 0 Å². The van der Waals surface area contributed by atoms with E-state index in [1.54, 1.807) is 0 Å². The van der Waals surface area contributed by atoms with E-state index in [-0.39, 0.29) is 25.0 Å². The van der Waals surface area contributed by atoms with Crippen molar-refractivity contribution in [3.63, 3.8) is 0 Å². The molecule has 128 valence electrons. The third-order valence-corrected chi connectivity index (χ3v) is 5.73. The minimum Gasteiger partial charge on any atom is -0.455 e. The van der Waals surface area contributed by atoms with E-state index in [2.05, 4.69) is 6.92 Å². The molecule has 23 heavy (non-hydrogen) atoms. The molecule has 7 heteroatoms. The van der Waals surface area contributed by atoms with Crippen LogP contribution in [0.4, 0.5) is 0 Å². The second-order valence-electron chi connectivity index (χ2n) is 7.17. The predicted molar refractivity (Wildman–Crippen MR) is 81.1 cm³/mol. The molecule has 2 saturated carbocycles. The molecule has 0 bridgehead atoms. The number of carbonyl (C=O) groups excluding carboxylic acids is 2. The van der Waals surface area contributed by atoms with Crippen molar-refractivity contribution >= 4 is 11.9 Å². The minimum atomic E-state index is -0.823. The van der Waals surface area contributed by atoms with Gasteiger partial charge in [0.1, 0.15) is 5.92 Å². The van der Waals surface area contributed by atoms with Crippen molar-refractivity contribution < 1.29 is 19.2 Å². The number of likely N-dealkylation sites (tertiary alicyclic amines) is 1. The lowest BCUT2D eigenvalue weighted by atomic mass is 9.72. The first-order valence-electron chi connectivity index (χ1n) is 8.58. The van der Waals surface area contributed by atoms with Crippen molar-refractivity contribution in [2.45, 2.75) is 57.5 Å². The van der Waals surface area contributed by atoms with Gasteiger partial charge in [-0.05, 0) is 31.1 Å². The van der Waals surface area contributed by atoms with Crippen LogP contribution in [0, 0.1) is 27.9 Å². The Bertz CT molecular complexity index is 509. The van der Waals surface area contributed by atoms with Crippen molar-refractivity contribution in [2.24, 2.45) is 17.8 Å². The standard InChI is InChI=1S/C16H24N2O5/c1-10-6-7-17(13-5-3-2-4-11(10)13)15(19)9-23-16(20)12-8-14(12)18(21)22/h10-14H,2-9H2,1H3/t10-,11-,12-,13+,14+/m1/s1. The highest BCUT2D eigenvalue weighted by atomic mass is 16.6. The van der Waals surface area contributed by atoms with Crippen LogP contribution >= 0.6 is 0 Å². The van der Waals surface area contributed by atoms with Crippen molar-refractivity contribution in [1.82, 2.24) is 4.90 Å². The van der Waals surface area contributed by atoms with Gasteiger partial charge in [-0.1, -0.05) is 19.8 Å². The molecule has 1 saturated heterocycles. The highest BCUT2D eigenvalue weighted by Gasteiger charge is 2.54. The van der Waals surface area contributed by atoms with Gasteiger partial charge in [0.15, 0.2) is 6.61 Å². The Hall–Kier alpha value is -1.66. The van der Waals surface area contributed by atoms with E-state index in [4.69, 9.17) is 4.74 Å². The molecule has 0 aromatic carbocycles. The fraction of sp³-hybridized carbons (Fsp3) is 0.875. The number of ether oxygens (including phenoxy) is 1. The quantitative estimate of drug-likeness (QED) is 0.445. The maximum atomic E-state index is 12.4. The average Bonchev–Trinajstić information content (AvgIpc) is 3.34. The summed E-state index contributed by atoms with van der Waals surface area (Å²) in [4.78, 5) is 36.2. The van der Waals surface area contributed by atoms with Gasteiger partial charge >= 0.3 is 5.97 Å². The number of carbonyl (C=O) groups is 2.